The molecule has 1 aromatic heterocycles. The molecule has 5 heteroatoms. The third-order valence-electron chi connectivity index (χ3n) is 2.58. The summed E-state index contributed by atoms with van der Waals surface area (Å²) in [6, 6.07) is 0. The summed E-state index contributed by atoms with van der Waals surface area (Å²) in [7, 11) is 1.90. The van der Waals surface area contributed by atoms with Crippen molar-refractivity contribution in [1.29, 1.82) is 0 Å². The minimum atomic E-state index is 0.0100. The van der Waals surface area contributed by atoms with Crippen LogP contribution in [-0.4, -0.2) is 29.9 Å². The lowest BCUT2D eigenvalue weighted by Crippen LogP contribution is -2.10. The number of nitrogens with one attached hydrogen (secondary N) is 1. The summed E-state index contributed by atoms with van der Waals surface area (Å²) in [6.07, 6.45) is 3.14. The highest BCUT2D eigenvalue weighted by atomic mass is 16.5. The molecule has 1 aliphatic heterocycles. The van der Waals surface area contributed by atoms with E-state index < -0.39 is 0 Å². The van der Waals surface area contributed by atoms with Gasteiger partial charge in [0.15, 0.2) is 0 Å². The molecule has 84 valence electrons. The fraction of sp³-hybridized carbons (Fsp3) is 0.800. The van der Waals surface area contributed by atoms with Crippen molar-refractivity contribution >= 4 is 0 Å². The van der Waals surface area contributed by atoms with Crippen LogP contribution in [0.25, 0.3) is 0 Å². The van der Waals surface area contributed by atoms with Crippen molar-refractivity contribution in [1.82, 2.24) is 15.5 Å². The molecule has 0 aliphatic carbocycles. The molecule has 1 aromatic rings. The van der Waals surface area contributed by atoms with E-state index in [9.17, 15) is 0 Å². The van der Waals surface area contributed by atoms with E-state index in [1.54, 1.807) is 0 Å². The first-order chi connectivity index (χ1) is 7.29. The Bertz CT molecular complexity index is 313. The van der Waals surface area contributed by atoms with Crippen LogP contribution in [0.1, 0.15) is 37.7 Å². The van der Waals surface area contributed by atoms with Gasteiger partial charge in [0.2, 0.25) is 11.8 Å². The number of rotatable bonds is 4. The highest BCUT2D eigenvalue weighted by Crippen LogP contribution is 2.31. The lowest BCUT2D eigenvalue weighted by molar-refractivity contribution is 0.0384. The standard InChI is InChI=1S/C10H17N3O2/c1-7-3-4-8(14-7)10-13-12-9(15-10)5-6-11-2/h7-8,11H,3-6H2,1-2H3. The molecule has 1 aliphatic rings. The van der Waals surface area contributed by atoms with E-state index in [2.05, 4.69) is 22.4 Å². The van der Waals surface area contributed by atoms with Crippen molar-refractivity contribution < 1.29 is 9.15 Å². The lowest BCUT2D eigenvalue weighted by atomic mass is 10.2. The number of nitrogens with zero attached hydrogens (tertiary/aromatic N) is 2. The molecular weight excluding hydrogens is 194 g/mol. The second-order valence-electron chi connectivity index (χ2n) is 3.90. The molecule has 2 atom stereocenters. The van der Waals surface area contributed by atoms with E-state index in [4.69, 9.17) is 9.15 Å². The molecule has 1 saturated heterocycles. The molecule has 0 radical (unpaired) electrons. The van der Waals surface area contributed by atoms with Crippen molar-refractivity contribution in [2.24, 2.45) is 0 Å². The summed E-state index contributed by atoms with van der Waals surface area (Å²) in [5, 5.41) is 11.0. The SMILES string of the molecule is CNCCc1nnc(C2CCC(C)O2)o1. The van der Waals surface area contributed by atoms with Crippen LogP contribution in [0, 0.1) is 0 Å². The van der Waals surface area contributed by atoms with Gasteiger partial charge in [-0.15, -0.1) is 10.2 Å². The van der Waals surface area contributed by atoms with Crippen molar-refractivity contribution in [3.63, 3.8) is 0 Å². The largest absolute Gasteiger partial charge is 0.422 e. The third-order valence-corrected chi connectivity index (χ3v) is 2.58. The van der Waals surface area contributed by atoms with Crippen molar-refractivity contribution in [2.75, 3.05) is 13.6 Å². The van der Waals surface area contributed by atoms with E-state index in [0.717, 1.165) is 25.8 Å². The zero-order valence-corrected chi connectivity index (χ0v) is 9.19. The predicted octanol–water partition coefficient (Wildman–Crippen LogP) is 1.07. The summed E-state index contributed by atoms with van der Waals surface area (Å²) < 4.78 is 11.2. The molecule has 1 N–H and O–H groups in total. The fourth-order valence-electron chi connectivity index (χ4n) is 1.71. The Morgan fingerprint density at radius 1 is 1.40 bits per heavy atom. The minimum absolute atomic E-state index is 0.0100. The van der Waals surface area contributed by atoms with E-state index in [1.165, 1.54) is 0 Å². The van der Waals surface area contributed by atoms with Gasteiger partial charge in [0.25, 0.3) is 0 Å². The maximum absolute atomic E-state index is 5.65. The zero-order valence-electron chi connectivity index (χ0n) is 9.19. The molecule has 0 spiro atoms. The first kappa shape index (κ1) is 10.6. The summed E-state index contributed by atoms with van der Waals surface area (Å²) in [5.41, 5.74) is 0. The molecular formula is C10H17N3O2. The molecule has 0 saturated carbocycles. The van der Waals surface area contributed by atoms with Gasteiger partial charge in [0.05, 0.1) is 6.10 Å². The Kier molecular flexibility index (Phi) is 3.33. The van der Waals surface area contributed by atoms with Crippen LogP contribution in [0.15, 0.2) is 4.42 Å². The van der Waals surface area contributed by atoms with Gasteiger partial charge in [0, 0.05) is 13.0 Å². The lowest BCUT2D eigenvalue weighted by Gasteiger charge is -2.05. The monoisotopic (exact) mass is 211 g/mol. The van der Waals surface area contributed by atoms with E-state index in [-0.39, 0.29) is 6.10 Å². The van der Waals surface area contributed by atoms with Gasteiger partial charge in [-0.25, -0.2) is 0 Å². The first-order valence-corrected chi connectivity index (χ1v) is 5.42. The minimum Gasteiger partial charge on any atom is -0.422 e. The average Bonchev–Trinajstić information content (AvgIpc) is 2.83. The molecule has 2 heterocycles. The Morgan fingerprint density at radius 3 is 2.93 bits per heavy atom. The van der Waals surface area contributed by atoms with Gasteiger partial charge < -0.3 is 14.5 Å². The van der Waals surface area contributed by atoms with E-state index >= 15 is 0 Å². The van der Waals surface area contributed by atoms with Gasteiger partial charge >= 0.3 is 0 Å². The van der Waals surface area contributed by atoms with Gasteiger partial charge in [0.1, 0.15) is 6.10 Å². The highest BCUT2D eigenvalue weighted by molar-refractivity contribution is 4.90. The normalized spacial score (nSPS) is 26.0. The van der Waals surface area contributed by atoms with Crippen molar-refractivity contribution in [3.05, 3.63) is 11.8 Å². The molecule has 2 rings (SSSR count). The second-order valence-corrected chi connectivity index (χ2v) is 3.90. The maximum atomic E-state index is 5.65. The first-order valence-electron chi connectivity index (χ1n) is 5.42. The van der Waals surface area contributed by atoms with Crippen LogP contribution < -0.4 is 5.32 Å². The third kappa shape index (κ3) is 2.54. The summed E-state index contributed by atoms with van der Waals surface area (Å²) in [5.74, 6) is 1.31. The van der Waals surface area contributed by atoms with Gasteiger partial charge in [-0.1, -0.05) is 0 Å². The summed E-state index contributed by atoms with van der Waals surface area (Å²) >= 11 is 0. The van der Waals surface area contributed by atoms with Crippen LogP contribution in [0.2, 0.25) is 0 Å². The summed E-state index contributed by atoms with van der Waals surface area (Å²) in [4.78, 5) is 0. The summed E-state index contributed by atoms with van der Waals surface area (Å²) in [6.45, 7) is 2.92. The number of aromatic nitrogens is 2. The number of likely N-dealkylation sites (N-methyl/N-ethyl adjacent to an activating group) is 1. The van der Waals surface area contributed by atoms with E-state index in [1.807, 2.05) is 7.05 Å². The Balaban J connectivity index is 1.94. The molecule has 1 fully saturated rings. The van der Waals surface area contributed by atoms with Crippen LogP contribution >= 0.6 is 0 Å². The molecule has 15 heavy (non-hydrogen) atoms. The van der Waals surface area contributed by atoms with Crippen LogP contribution in [0.4, 0.5) is 0 Å². The molecule has 0 aromatic carbocycles. The maximum Gasteiger partial charge on any atom is 0.245 e. The highest BCUT2D eigenvalue weighted by Gasteiger charge is 2.27. The Hall–Kier alpha value is -0.940. The number of ether oxygens (including phenoxy) is 1. The second kappa shape index (κ2) is 4.72. The Labute approximate surface area is 89.2 Å². The van der Waals surface area contributed by atoms with Gasteiger partial charge in [-0.3, -0.25) is 0 Å². The smallest absolute Gasteiger partial charge is 0.245 e. The molecule has 5 nitrogen and oxygen atoms in total. The topological polar surface area (TPSA) is 60.2 Å². The quantitative estimate of drug-likeness (QED) is 0.807. The zero-order chi connectivity index (χ0) is 10.7. The van der Waals surface area contributed by atoms with Gasteiger partial charge in [-0.2, -0.15) is 0 Å². The molecule has 0 bridgehead atoms. The number of hydrogen-bond acceptors (Lipinski definition) is 5. The van der Waals surface area contributed by atoms with Crippen molar-refractivity contribution in [3.8, 4) is 0 Å². The van der Waals surface area contributed by atoms with Crippen LogP contribution in [0.3, 0.4) is 0 Å². The van der Waals surface area contributed by atoms with Crippen LogP contribution in [-0.2, 0) is 11.2 Å². The average molecular weight is 211 g/mol. The van der Waals surface area contributed by atoms with Crippen molar-refractivity contribution in [2.45, 2.75) is 38.4 Å². The predicted molar refractivity (Wildman–Crippen MR) is 54.5 cm³/mol. The Morgan fingerprint density at radius 2 is 2.27 bits per heavy atom. The van der Waals surface area contributed by atoms with Gasteiger partial charge in [-0.05, 0) is 26.8 Å². The fourth-order valence-corrected chi connectivity index (χ4v) is 1.71. The molecule has 0 amide bonds. The van der Waals surface area contributed by atoms with E-state index in [0.29, 0.717) is 17.9 Å². The molecule has 2 unspecified atom stereocenters. The van der Waals surface area contributed by atoms with Crippen LogP contribution in [0.5, 0.6) is 0 Å². The number of hydrogen-bond donors (Lipinski definition) is 1.